The second-order valence-electron chi connectivity index (χ2n) is 4.93. The first-order valence-electron chi connectivity index (χ1n) is 6.62. The molecule has 0 radical (unpaired) electrons. The van der Waals surface area contributed by atoms with Crippen LogP contribution in [0.5, 0.6) is 5.75 Å². The molecule has 0 aliphatic heterocycles. The minimum atomic E-state index is -0.425. The van der Waals surface area contributed by atoms with E-state index in [0.717, 1.165) is 37.1 Å². The number of methoxy groups -OCH3 is 1. The molecule has 1 saturated carbocycles. The molecule has 3 heteroatoms. The summed E-state index contributed by atoms with van der Waals surface area (Å²) in [5, 5.41) is 13.0. The predicted molar refractivity (Wildman–Crippen MR) is 72.7 cm³/mol. The summed E-state index contributed by atoms with van der Waals surface area (Å²) in [7, 11) is 1.66. The van der Waals surface area contributed by atoms with E-state index in [2.05, 4.69) is 11.4 Å². The van der Waals surface area contributed by atoms with Crippen molar-refractivity contribution in [2.75, 3.05) is 12.4 Å². The van der Waals surface area contributed by atoms with Crippen LogP contribution in [0.3, 0.4) is 0 Å². The van der Waals surface area contributed by atoms with Crippen molar-refractivity contribution < 1.29 is 4.74 Å². The van der Waals surface area contributed by atoms with Crippen molar-refractivity contribution in [3.05, 3.63) is 24.3 Å². The molecule has 0 amide bonds. The summed E-state index contributed by atoms with van der Waals surface area (Å²) in [4.78, 5) is 0. The summed E-state index contributed by atoms with van der Waals surface area (Å²) in [5.41, 5.74) is 0.494. The van der Waals surface area contributed by atoms with Gasteiger partial charge in [-0.1, -0.05) is 37.8 Å². The maximum atomic E-state index is 9.54. The SMILES string of the molecule is COc1ccccc1NC1(C#N)CCCCCC1. The molecule has 0 bridgehead atoms. The van der Waals surface area contributed by atoms with Crippen LogP contribution < -0.4 is 10.1 Å². The highest BCUT2D eigenvalue weighted by Crippen LogP contribution is 2.33. The number of benzene rings is 1. The van der Waals surface area contributed by atoms with E-state index in [1.807, 2.05) is 24.3 Å². The third-order valence-corrected chi connectivity index (χ3v) is 3.65. The third kappa shape index (κ3) is 2.76. The average Bonchev–Trinajstić information content (AvgIpc) is 2.66. The van der Waals surface area contributed by atoms with E-state index in [1.54, 1.807) is 7.11 Å². The van der Waals surface area contributed by atoms with Crippen molar-refractivity contribution >= 4 is 5.69 Å². The lowest BCUT2D eigenvalue weighted by molar-refractivity contribution is 0.413. The molecule has 0 aromatic heterocycles. The van der Waals surface area contributed by atoms with Crippen LogP contribution in [0.4, 0.5) is 5.69 Å². The zero-order chi connectivity index (χ0) is 12.8. The van der Waals surface area contributed by atoms with Gasteiger partial charge >= 0.3 is 0 Å². The zero-order valence-corrected chi connectivity index (χ0v) is 10.9. The van der Waals surface area contributed by atoms with E-state index in [1.165, 1.54) is 12.8 Å². The maximum Gasteiger partial charge on any atom is 0.141 e. The molecule has 0 atom stereocenters. The first-order valence-corrected chi connectivity index (χ1v) is 6.62. The van der Waals surface area contributed by atoms with Crippen LogP contribution in [-0.4, -0.2) is 12.6 Å². The van der Waals surface area contributed by atoms with Gasteiger partial charge in [0, 0.05) is 0 Å². The van der Waals surface area contributed by atoms with Crippen molar-refractivity contribution in [3.63, 3.8) is 0 Å². The topological polar surface area (TPSA) is 45.0 Å². The fraction of sp³-hybridized carbons (Fsp3) is 0.533. The minimum Gasteiger partial charge on any atom is -0.495 e. The van der Waals surface area contributed by atoms with Crippen LogP contribution in [0.15, 0.2) is 24.3 Å². The molecule has 1 aromatic rings. The van der Waals surface area contributed by atoms with Crippen LogP contribution in [0.25, 0.3) is 0 Å². The van der Waals surface area contributed by atoms with Gasteiger partial charge in [-0.05, 0) is 25.0 Å². The molecule has 1 aliphatic rings. The lowest BCUT2D eigenvalue weighted by atomic mass is 9.91. The van der Waals surface area contributed by atoms with Crippen molar-refractivity contribution in [2.45, 2.75) is 44.1 Å². The molecule has 1 aromatic carbocycles. The Hall–Kier alpha value is -1.69. The fourth-order valence-electron chi connectivity index (χ4n) is 2.60. The fourth-order valence-corrected chi connectivity index (χ4v) is 2.60. The van der Waals surface area contributed by atoms with Crippen molar-refractivity contribution in [1.29, 1.82) is 5.26 Å². The summed E-state index contributed by atoms with van der Waals surface area (Å²) in [6.07, 6.45) is 6.54. The molecule has 0 spiro atoms. The van der Waals surface area contributed by atoms with Crippen molar-refractivity contribution in [3.8, 4) is 11.8 Å². The van der Waals surface area contributed by atoms with Crippen molar-refractivity contribution in [2.24, 2.45) is 0 Å². The van der Waals surface area contributed by atoms with Gasteiger partial charge in [-0.3, -0.25) is 0 Å². The van der Waals surface area contributed by atoms with Crippen LogP contribution in [0, 0.1) is 11.3 Å². The lowest BCUT2D eigenvalue weighted by Gasteiger charge is -2.28. The normalized spacial score (nSPS) is 18.4. The second kappa shape index (κ2) is 5.77. The number of anilines is 1. The lowest BCUT2D eigenvalue weighted by Crippen LogP contribution is -2.36. The number of nitrogens with zero attached hydrogens (tertiary/aromatic N) is 1. The van der Waals surface area contributed by atoms with Gasteiger partial charge in [-0.25, -0.2) is 0 Å². The molecule has 3 nitrogen and oxygen atoms in total. The largest absolute Gasteiger partial charge is 0.495 e. The number of nitrogens with one attached hydrogen (secondary N) is 1. The summed E-state index contributed by atoms with van der Waals surface area (Å²) < 4.78 is 5.34. The summed E-state index contributed by atoms with van der Waals surface area (Å²) >= 11 is 0. The number of ether oxygens (including phenoxy) is 1. The zero-order valence-electron chi connectivity index (χ0n) is 10.9. The van der Waals surface area contributed by atoms with Gasteiger partial charge in [-0.15, -0.1) is 0 Å². The van der Waals surface area contributed by atoms with Gasteiger partial charge in [0.15, 0.2) is 0 Å². The Morgan fingerprint density at radius 2 is 1.83 bits per heavy atom. The van der Waals surface area contributed by atoms with Crippen molar-refractivity contribution in [1.82, 2.24) is 0 Å². The highest BCUT2D eigenvalue weighted by atomic mass is 16.5. The van der Waals surface area contributed by atoms with Gasteiger partial charge in [0.05, 0.1) is 18.9 Å². The number of para-hydroxylation sites is 2. The quantitative estimate of drug-likeness (QED) is 0.824. The monoisotopic (exact) mass is 244 g/mol. The molecule has 18 heavy (non-hydrogen) atoms. The van der Waals surface area contributed by atoms with E-state index in [9.17, 15) is 5.26 Å². The summed E-state index contributed by atoms with van der Waals surface area (Å²) in [6, 6.07) is 10.3. The van der Waals surface area contributed by atoms with E-state index in [-0.39, 0.29) is 0 Å². The smallest absolute Gasteiger partial charge is 0.141 e. The third-order valence-electron chi connectivity index (χ3n) is 3.65. The first-order chi connectivity index (χ1) is 8.79. The first kappa shape index (κ1) is 12.8. The number of rotatable bonds is 3. The predicted octanol–water partition coefficient (Wildman–Crippen LogP) is 3.72. The molecule has 1 N–H and O–H groups in total. The molecule has 2 rings (SSSR count). The highest BCUT2D eigenvalue weighted by molar-refractivity contribution is 5.58. The average molecular weight is 244 g/mol. The van der Waals surface area contributed by atoms with Crippen LogP contribution in [0.1, 0.15) is 38.5 Å². The second-order valence-corrected chi connectivity index (χ2v) is 4.93. The Morgan fingerprint density at radius 3 is 2.44 bits per heavy atom. The van der Waals surface area contributed by atoms with Gasteiger partial charge in [-0.2, -0.15) is 5.26 Å². The molecule has 1 fully saturated rings. The van der Waals surface area contributed by atoms with Crippen LogP contribution >= 0.6 is 0 Å². The van der Waals surface area contributed by atoms with Crippen LogP contribution in [0.2, 0.25) is 0 Å². The van der Waals surface area contributed by atoms with E-state index in [0.29, 0.717) is 0 Å². The molecule has 0 unspecified atom stereocenters. The number of nitriles is 1. The van der Waals surface area contributed by atoms with Crippen LogP contribution in [-0.2, 0) is 0 Å². The molecule has 0 heterocycles. The van der Waals surface area contributed by atoms with Gasteiger partial charge in [0.1, 0.15) is 11.3 Å². The Labute approximate surface area is 109 Å². The number of hydrogen-bond donors (Lipinski definition) is 1. The Bertz CT molecular complexity index is 428. The molecular weight excluding hydrogens is 224 g/mol. The number of hydrogen-bond acceptors (Lipinski definition) is 3. The maximum absolute atomic E-state index is 9.54. The standard InChI is InChI=1S/C15H20N2O/c1-18-14-9-5-4-8-13(14)17-15(12-16)10-6-2-3-7-11-15/h4-5,8-9,17H,2-3,6-7,10-11H2,1H3. The highest BCUT2D eigenvalue weighted by Gasteiger charge is 2.31. The van der Waals surface area contributed by atoms with Gasteiger partial charge in [0.2, 0.25) is 0 Å². The van der Waals surface area contributed by atoms with E-state index < -0.39 is 5.54 Å². The molecule has 0 saturated heterocycles. The van der Waals surface area contributed by atoms with E-state index >= 15 is 0 Å². The Balaban J connectivity index is 2.21. The van der Waals surface area contributed by atoms with E-state index in [4.69, 9.17) is 4.74 Å². The molecule has 96 valence electrons. The van der Waals surface area contributed by atoms with Gasteiger partial charge in [0.25, 0.3) is 0 Å². The molecule has 1 aliphatic carbocycles. The van der Waals surface area contributed by atoms with Gasteiger partial charge < -0.3 is 10.1 Å². The summed E-state index contributed by atoms with van der Waals surface area (Å²) in [6.45, 7) is 0. The Kier molecular flexibility index (Phi) is 4.09. The summed E-state index contributed by atoms with van der Waals surface area (Å²) in [5.74, 6) is 0.802. The Morgan fingerprint density at radius 1 is 1.17 bits per heavy atom. The molecular formula is C15H20N2O. The minimum absolute atomic E-state index is 0.425.